The molecule has 0 aromatic heterocycles. The highest BCUT2D eigenvalue weighted by atomic mass is 79.9. The Morgan fingerprint density at radius 2 is 2.12 bits per heavy atom. The van der Waals surface area contributed by atoms with Gasteiger partial charge in [0.25, 0.3) is 0 Å². The average molecular weight is 318 g/mol. The normalized spacial score (nSPS) is 11.9. The molecule has 0 saturated heterocycles. The van der Waals surface area contributed by atoms with Gasteiger partial charge < -0.3 is 10.4 Å². The van der Waals surface area contributed by atoms with Crippen LogP contribution in [0.25, 0.3) is 0 Å². The summed E-state index contributed by atoms with van der Waals surface area (Å²) < 4.78 is 0.786. The first-order valence-electron chi connectivity index (χ1n) is 4.86. The maximum atomic E-state index is 11.4. The van der Waals surface area contributed by atoms with E-state index in [2.05, 4.69) is 21.2 Å². The molecule has 0 aliphatic heterocycles. The van der Waals surface area contributed by atoms with E-state index in [9.17, 15) is 9.59 Å². The van der Waals surface area contributed by atoms with Crippen LogP contribution in [0, 0.1) is 0 Å². The minimum atomic E-state index is -0.996. The number of rotatable bonds is 4. The first-order chi connectivity index (χ1) is 7.95. The van der Waals surface area contributed by atoms with Gasteiger partial charge in [-0.15, -0.1) is 11.8 Å². The smallest absolute Gasteiger partial charge is 0.336 e. The third-order valence-corrected chi connectivity index (χ3v) is 3.75. The first-order valence-corrected chi connectivity index (χ1v) is 6.54. The maximum Gasteiger partial charge on any atom is 0.336 e. The van der Waals surface area contributed by atoms with Crippen LogP contribution in [0.1, 0.15) is 17.3 Å². The monoisotopic (exact) mass is 317 g/mol. The minimum Gasteiger partial charge on any atom is -0.478 e. The van der Waals surface area contributed by atoms with Gasteiger partial charge in [0.05, 0.1) is 10.8 Å². The second kappa shape index (κ2) is 6.07. The van der Waals surface area contributed by atoms with Crippen LogP contribution >= 0.6 is 27.7 Å². The molecular weight excluding hydrogens is 306 g/mol. The van der Waals surface area contributed by atoms with Gasteiger partial charge in [-0.2, -0.15) is 0 Å². The van der Waals surface area contributed by atoms with Crippen LogP contribution in [-0.2, 0) is 4.79 Å². The van der Waals surface area contributed by atoms with Crippen LogP contribution in [0.3, 0.4) is 0 Å². The highest BCUT2D eigenvalue weighted by Gasteiger charge is 2.17. The van der Waals surface area contributed by atoms with Crippen molar-refractivity contribution < 1.29 is 14.7 Å². The van der Waals surface area contributed by atoms with Crippen molar-refractivity contribution in [1.82, 2.24) is 5.32 Å². The van der Waals surface area contributed by atoms with Crippen LogP contribution < -0.4 is 5.32 Å². The van der Waals surface area contributed by atoms with Gasteiger partial charge in [0, 0.05) is 16.4 Å². The van der Waals surface area contributed by atoms with Gasteiger partial charge in [0.2, 0.25) is 5.91 Å². The van der Waals surface area contributed by atoms with Gasteiger partial charge in [0.1, 0.15) is 0 Å². The fraction of sp³-hybridized carbons (Fsp3) is 0.273. The fourth-order valence-electron chi connectivity index (χ4n) is 1.22. The topological polar surface area (TPSA) is 66.4 Å². The fourth-order valence-corrected chi connectivity index (χ4v) is 2.81. The Bertz CT molecular complexity index is 450. The number of carboxylic acid groups (broad SMARTS) is 1. The standard InChI is InChI=1S/C11H12BrNO3S/c1-6(10(14)13-2)17-9-5-7(12)3-4-8(9)11(15)16/h3-6H,1-2H3,(H,13,14)(H,15,16). The van der Waals surface area contributed by atoms with Gasteiger partial charge in [-0.05, 0) is 25.1 Å². The van der Waals surface area contributed by atoms with Crippen LogP contribution in [0.15, 0.2) is 27.6 Å². The maximum absolute atomic E-state index is 11.4. The third kappa shape index (κ3) is 3.74. The molecule has 0 radical (unpaired) electrons. The van der Waals surface area contributed by atoms with Crippen molar-refractivity contribution in [3.63, 3.8) is 0 Å². The molecular formula is C11H12BrNO3S. The van der Waals surface area contributed by atoms with Crippen molar-refractivity contribution in [2.45, 2.75) is 17.1 Å². The quantitative estimate of drug-likeness (QED) is 0.837. The predicted molar refractivity (Wildman–Crippen MR) is 70.5 cm³/mol. The van der Waals surface area contributed by atoms with Crippen molar-refractivity contribution in [3.05, 3.63) is 28.2 Å². The Hall–Kier alpha value is -1.01. The number of benzene rings is 1. The van der Waals surface area contributed by atoms with E-state index in [0.717, 1.165) is 4.47 Å². The van der Waals surface area contributed by atoms with Crippen molar-refractivity contribution >= 4 is 39.6 Å². The van der Waals surface area contributed by atoms with Gasteiger partial charge >= 0.3 is 5.97 Å². The number of amides is 1. The molecule has 1 amide bonds. The molecule has 0 fully saturated rings. The third-order valence-electron chi connectivity index (χ3n) is 2.09. The molecule has 1 unspecified atom stereocenters. The number of aromatic carboxylic acids is 1. The molecule has 1 rings (SSSR count). The number of carboxylic acids is 1. The highest BCUT2D eigenvalue weighted by Crippen LogP contribution is 2.29. The summed E-state index contributed by atoms with van der Waals surface area (Å²) in [6.45, 7) is 1.73. The molecule has 17 heavy (non-hydrogen) atoms. The van der Waals surface area contributed by atoms with E-state index in [1.807, 2.05) is 0 Å². The van der Waals surface area contributed by atoms with E-state index in [0.29, 0.717) is 4.90 Å². The number of hydrogen-bond acceptors (Lipinski definition) is 3. The zero-order valence-electron chi connectivity index (χ0n) is 9.36. The molecule has 4 nitrogen and oxygen atoms in total. The van der Waals surface area contributed by atoms with E-state index < -0.39 is 5.97 Å². The lowest BCUT2D eigenvalue weighted by molar-refractivity contribution is -0.119. The molecule has 0 bridgehead atoms. The van der Waals surface area contributed by atoms with Crippen molar-refractivity contribution in [1.29, 1.82) is 0 Å². The molecule has 0 saturated carbocycles. The Morgan fingerprint density at radius 1 is 1.47 bits per heavy atom. The molecule has 1 atom stereocenters. The van der Waals surface area contributed by atoms with Crippen molar-refractivity contribution in [3.8, 4) is 0 Å². The number of carbonyl (C=O) groups is 2. The van der Waals surface area contributed by atoms with E-state index in [1.165, 1.54) is 17.8 Å². The van der Waals surface area contributed by atoms with Crippen molar-refractivity contribution in [2.24, 2.45) is 0 Å². The lowest BCUT2D eigenvalue weighted by Crippen LogP contribution is -2.27. The summed E-state index contributed by atoms with van der Waals surface area (Å²) in [6, 6.07) is 4.89. The summed E-state index contributed by atoms with van der Waals surface area (Å²) >= 11 is 4.51. The van der Waals surface area contributed by atoms with Gasteiger partial charge in [-0.3, -0.25) is 4.79 Å². The number of hydrogen-bond donors (Lipinski definition) is 2. The molecule has 0 spiro atoms. The summed E-state index contributed by atoms with van der Waals surface area (Å²) in [6.07, 6.45) is 0. The van der Waals surface area contributed by atoms with E-state index in [1.54, 1.807) is 26.1 Å². The zero-order valence-corrected chi connectivity index (χ0v) is 11.8. The van der Waals surface area contributed by atoms with Crippen molar-refractivity contribution in [2.75, 3.05) is 7.05 Å². The molecule has 92 valence electrons. The Balaban J connectivity index is 3.00. The van der Waals surface area contributed by atoms with Gasteiger partial charge in [-0.25, -0.2) is 4.79 Å². The average Bonchev–Trinajstić information content (AvgIpc) is 2.27. The van der Waals surface area contributed by atoms with Gasteiger partial charge in [-0.1, -0.05) is 15.9 Å². The molecule has 0 aliphatic carbocycles. The Kier molecular flexibility index (Phi) is 5.02. The van der Waals surface area contributed by atoms with Crippen LogP contribution in [0.4, 0.5) is 0 Å². The summed E-state index contributed by atoms with van der Waals surface area (Å²) in [4.78, 5) is 23.0. The Morgan fingerprint density at radius 3 is 2.65 bits per heavy atom. The molecule has 0 aliphatic rings. The molecule has 2 N–H and O–H groups in total. The lowest BCUT2D eigenvalue weighted by atomic mass is 10.2. The first kappa shape index (κ1) is 14.1. The molecule has 1 aromatic carbocycles. The van der Waals surface area contributed by atoms with Crippen LogP contribution in [0.5, 0.6) is 0 Å². The summed E-state index contributed by atoms with van der Waals surface area (Å²) in [5, 5.41) is 11.2. The molecule has 0 heterocycles. The number of halogens is 1. The predicted octanol–water partition coefficient (Wildman–Crippen LogP) is 2.37. The minimum absolute atomic E-state index is 0.133. The summed E-state index contributed by atoms with van der Waals surface area (Å²) in [5.41, 5.74) is 0.203. The van der Waals surface area contributed by atoms with E-state index >= 15 is 0 Å². The SMILES string of the molecule is CNC(=O)C(C)Sc1cc(Br)ccc1C(=O)O. The number of carbonyl (C=O) groups excluding carboxylic acids is 1. The summed E-state index contributed by atoms with van der Waals surface area (Å²) in [7, 11) is 1.55. The number of nitrogens with one attached hydrogen (secondary N) is 1. The summed E-state index contributed by atoms with van der Waals surface area (Å²) in [5.74, 6) is -1.13. The van der Waals surface area contributed by atoms with E-state index in [-0.39, 0.29) is 16.7 Å². The molecule has 1 aromatic rings. The zero-order chi connectivity index (χ0) is 13.0. The van der Waals surface area contributed by atoms with Crippen LogP contribution in [0.2, 0.25) is 0 Å². The second-order valence-electron chi connectivity index (χ2n) is 3.32. The highest BCUT2D eigenvalue weighted by molar-refractivity contribution is 9.10. The second-order valence-corrected chi connectivity index (χ2v) is 5.62. The largest absolute Gasteiger partial charge is 0.478 e. The van der Waals surface area contributed by atoms with E-state index in [4.69, 9.17) is 5.11 Å². The van der Waals surface area contributed by atoms with Gasteiger partial charge in [0.15, 0.2) is 0 Å². The number of thioether (sulfide) groups is 1. The Labute approximate surface area is 112 Å². The van der Waals surface area contributed by atoms with Crippen LogP contribution in [-0.4, -0.2) is 29.3 Å². The molecule has 6 heteroatoms. The lowest BCUT2D eigenvalue weighted by Gasteiger charge is -2.11.